The molecule has 50 valence electrons. The molecule has 1 rings (SSSR count). The van der Waals surface area contributed by atoms with E-state index in [1.807, 2.05) is 0 Å². The van der Waals surface area contributed by atoms with Gasteiger partial charge in [0.25, 0.3) is 0 Å². The van der Waals surface area contributed by atoms with E-state index in [-0.39, 0.29) is 5.78 Å². The summed E-state index contributed by atoms with van der Waals surface area (Å²) >= 11 is 0. The summed E-state index contributed by atoms with van der Waals surface area (Å²) in [6.45, 7) is 0.291. The molecule has 0 aromatic heterocycles. The average Bonchev–Trinajstić information content (AvgIpc) is 1.84. The Balaban J connectivity index is 2.44. The maximum absolute atomic E-state index is 10.5. The molecule has 0 bridgehead atoms. The van der Waals surface area contributed by atoms with Gasteiger partial charge in [0.05, 0.1) is 13.7 Å². The van der Waals surface area contributed by atoms with Gasteiger partial charge in [-0.25, -0.2) is 4.79 Å². The maximum Gasteiger partial charge on any atom is 0.330 e. The van der Waals surface area contributed by atoms with Gasteiger partial charge in [-0.15, -0.1) is 0 Å². The molecule has 1 unspecified atom stereocenters. The molecular formula is C5H7NO3. The number of ether oxygens (including phenoxy) is 1. The van der Waals surface area contributed by atoms with E-state index in [0.29, 0.717) is 6.54 Å². The fraction of sp³-hybridized carbons (Fsp3) is 0.600. The molecule has 0 amide bonds. The summed E-state index contributed by atoms with van der Waals surface area (Å²) in [4.78, 5) is 21.0. The number of Topliss-reactive ketones (excluding diaryl/α,β-unsaturated/α-hetero) is 1. The van der Waals surface area contributed by atoms with Gasteiger partial charge in [-0.3, -0.25) is 10.1 Å². The highest BCUT2D eigenvalue weighted by Gasteiger charge is 2.34. The second kappa shape index (κ2) is 2.14. The number of nitrogens with one attached hydrogen (secondary N) is 1. The van der Waals surface area contributed by atoms with Crippen molar-refractivity contribution in [3.63, 3.8) is 0 Å². The number of hydrogen-bond donors (Lipinski definition) is 1. The van der Waals surface area contributed by atoms with E-state index < -0.39 is 12.0 Å². The molecule has 1 aliphatic heterocycles. The Hall–Kier alpha value is -0.900. The smallest absolute Gasteiger partial charge is 0.330 e. The Kier molecular flexibility index (Phi) is 1.48. The topological polar surface area (TPSA) is 55.4 Å². The lowest BCUT2D eigenvalue weighted by Crippen LogP contribution is -2.58. The van der Waals surface area contributed by atoms with Gasteiger partial charge in [0.1, 0.15) is 0 Å². The van der Waals surface area contributed by atoms with Gasteiger partial charge in [0.15, 0.2) is 11.8 Å². The zero-order valence-corrected chi connectivity index (χ0v) is 5.01. The lowest BCUT2D eigenvalue weighted by Gasteiger charge is -2.22. The molecule has 1 atom stereocenters. The zero-order valence-electron chi connectivity index (χ0n) is 5.01. The van der Waals surface area contributed by atoms with E-state index in [2.05, 4.69) is 10.1 Å². The van der Waals surface area contributed by atoms with Crippen LogP contribution in [0.25, 0.3) is 0 Å². The van der Waals surface area contributed by atoms with Crippen molar-refractivity contribution >= 4 is 11.8 Å². The number of esters is 1. The largest absolute Gasteiger partial charge is 0.468 e. The molecule has 0 radical (unpaired) electrons. The van der Waals surface area contributed by atoms with Crippen LogP contribution in [0.4, 0.5) is 0 Å². The maximum atomic E-state index is 10.5. The molecule has 4 heteroatoms. The number of hydrogen-bond acceptors (Lipinski definition) is 4. The molecule has 9 heavy (non-hydrogen) atoms. The van der Waals surface area contributed by atoms with Gasteiger partial charge in [-0.2, -0.15) is 0 Å². The minimum absolute atomic E-state index is 0.0955. The standard InChI is InChI=1S/C5H7NO3/c1-9-5(8)4-3(7)2-6-4/h4,6H,2H2,1H3. The molecule has 4 nitrogen and oxygen atoms in total. The van der Waals surface area contributed by atoms with Crippen LogP contribution in [0.3, 0.4) is 0 Å². The van der Waals surface area contributed by atoms with Crippen LogP contribution < -0.4 is 5.32 Å². The van der Waals surface area contributed by atoms with Crippen LogP contribution in [0.15, 0.2) is 0 Å². The minimum Gasteiger partial charge on any atom is -0.468 e. The zero-order chi connectivity index (χ0) is 6.85. The summed E-state index contributed by atoms with van der Waals surface area (Å²) in [5.41, 5.74) is 0. The molecule has 1 heterocycles. The molecule has 0 aromatic rings. The van der Waals surface area contributed by atoms with E-state index in [1.54, 1.807) is 0 Å². The Labute approximate surface area is 52.2 Å². The van der Waals surface area contributed by atoms with Gasteiger partial charge in [-0.1, -0.05) is 0 Å². The van der Waals surface area contributed by atoms with Crippen molar-refractivity contribution in [3.8, 4) is 0 Å². The van der Waals surface area contributed by atoms with Crippen LogP contribution in [-0.4, -0.2) is 31.4 Å². The molecule has 0 aromatic carbocycles. The first-order valence-corrected chi connectivity index (χ1v) is 2.59. The predicted octanol–water partition coefficient (Wildman–Crippen LogP) is -1.30. The van der Waals surface area contributed by atoms with E-state index in [0.717, 1.165) is 0 Å². The van der Waals surface area contributed by atoms with Crippen molar-refractivity contribution in [1.82, 2.24) is 5.32 Å². The molecule has 1 N–H and O–H groups in total. The normalized spacial score (nSPS) is 25.0. The van der Waals surface area contributed by atoms with E-state index in [4.69, 9.17) is 0 Å². The highest BCUT2D eigenvalue weighted by Crippen LogP contribution is 1.97. The number of methoxy groups -OCH3 is 1. The Morgan fingerprint density at radius 2 is 2.56 bits per heavy atom. The van der Waals surface area contributed by atoms with Gasteiger partial charge in [-0.05, 0) is 0 Å². The molecule has 1 saturated heterocycles. The molecule has 0 spiro atoms. The van der Waals surface area contributed by atoms with Gasteiger partial charge < -0.3 is 4.74 Å². The summed E-state index contributed by atoms with van der Waals surface area (Å²) < 4.78 is 4.30. The minimum atomic E-state index is -0.685. The third-order valence-corrected chi connectivity index (χ3v) is 1.24. The Morgan fingerprint density at radius 3 is 2.67 bits per heavy atom. The van der Waals surface area contributed by atoms with Crippen molar-refractivity contribution < 1.29 is 14.3 Å². The van der Waals surface area contributed by atoms with E-state index >= 15 is 0 Å². The molecule has 0 aliphatic carbocycles. The fourth-order valence-corrected chi connectivity index (χ4v) is 0.620. The third-order valence-electron chi connectivity index (χ3n) is 1.24. The number of carbonyl (C=O) groups is 2. The van der Waals surface area contributed by atoms with Crippen molar-refractivity contribution in [2.24, 2.45) is 0 Å². The van der Waals surface area contributed by atoms with Crippen LogP contribution in [-0.2, 0) is 14.3 Å². The molecular weight excluding hydrogens is 122 g/mol. The Morgan fingerprint density at radius 1 is 1.89 bits per heavy atom. The molecule has 1 aliphatic rings. The predicted molar refractivity (Wildman–Crippen MR) is 28.8 cm³/mol. The highest BCUT2D eigenvalue weighted by molar-refractivity contribution is 6.08. The third kappa shape index (κ3) is 0.929. The van der Waals surface area contributed by atoms with Crippen molar-refractivity contribution in [3.05, 3.63) is 0 Å². The highest BCUT2D eigenvalue weighted by atomic mass is 16.5. The second-order valence-electron chi connectivity index (χ2n) is 1.80. The van der Waals surface area contributed by atoms with Crippen molar-refractivity contribution in [2.75, 3.05) is 13.7 Å². The molecule has 1 fully saturated rings. The summed E-state index contributed by atoms with van der Waals surface area (Å²) in [6, 6.07) is -0.685. The van der Waals surface area contributed by atoms with Gasteiger partial charge in [0, 0.05) is 0 Å². The first kappa shape index (κ1) is 6.22. The quantitative estimate of drug-likeness (QED) is 0.353. The van der Waals surface area contributed by atoms with Crippen LogP contribution in [0, 0.1) is 0 Å². The monoisotopic (exact) mass is 129 g/mol. The lowest BCUT2D eigenvalue weighted by atomic mass is 10.1. The lowest BCUT2D eigenvalue weighted by molar-refractivity contribution is -0.149. The summed E-state index contributed by atoms with van der Waals surface area (Å²) in [5, 5.41) is 2.62. The average molecular weight is 129 g/mol. The van der Waals surface area contributed by atoms with Crippen LogP contribution in [0.5, 0.6) is 0 Å². The number of carbonyl (C=O) groups excluding carboxylic acids is 2. The Bertz CT molecular complexity index is 154. The fourth-order valence-electron chi connectivity index (χ4n) is 0.620. The first-order chi connectivity index (χ1) is 4.25. The van der Waals surface area contributed by atoms with Crippen LogP contribution in [0.2, 0.25) is 0 Å². The summed E-state index contributed by atoms with van der Waals surface area (Å²) in [6.07, 6.45) is 0. The van der Waals surface area contributed by atoms with Gasteiger partial charge >= 0.3 is 5.97 Å². The summed E-state index contributed by atoms with van der Waals surface area (Å²) in [7, 11) is 1.26. The number of rotatable bonds is 1. The van der Waals surface area contributed by atoms with Crippen molar-refractivity contribution in [1.29, 1.82) is 0 Å². The first-order valence-electron chi connectivity index (χ1n) is 2.59. The van der Waals surface area contributed by atoms with Gasteiger partial charge in [0.2, 0.25) is 0 Å². The second-order valence-corrected chi connectivity index (χ2v) is 1.80. The number of ketones is 1. The van der Waals surface area contributed by atoms with Crippen molar-refractivity contribution in [2.45, 2.75) is 6.04 Å². The van der Waals surface area contributed by atoms with E-state index in [9.17, 15) is 9.59 Å². The van der Waals surface area contributed by atoms with Crippen LogP contribution >= 0.6 is 0 Å². The van der Waals surface area contributed by atoms with E-state index in [1.165, 1.54) is 7.11 Å². The SMILES string of the molecule is COC(=O)C1NCC1=O. The summed E-state index contributed by atoms with van der Waals surface area (Å²) in [5.74, 6) is -0.590. The molecule has 0 saturated carbocycles. The van der Waals surface area contributed by atoms with Crippen LogP contribution in [0.1, 0.15) is 0 Å².